The second kappa shape index (κ2) is 5.62. The van der Waals surface area contributed by atoms with Crippen LogP contribution < -0.4 is 0 Å². The molecular weight excluding hydrogens is 144 g/mol. The van der Waals surface area contributed by atoms with Gasteiger partial charge in [-0.15, -0.1) is 0 Å². The Morgan fingerprint density at radius 1 is 1.82 bits per heavy atom. The minimum absolute atomic E-state index is 0.106. The number of hydrogen-bond donors (Lipinski definition) is 0. The Bertz CT molecular complexity index is 173. The molecule has 0 saturated heterocycles. The molecule has 0 bridgehead atoms. The molecule has 0 fully saturated rings. The zero-order valence-corrected chi connectivity index (χ0v) is 6.78. The van der Waals surface area contributed by atoms with E-state index in [4.69, 9.17) is 10.3 Å². The van der Waals surface area contributed by atoms with Crippen LogP contribution in [0.15, 0.2) is 0 Å². The monoisotopic (exact) mass is 156 g/mol. The summed E-state index contributed by atoms with van der Waals surface area (Å²) in [6.07, 6.45) is 2.42. The van der Waals surface area contributed by atoms with Crippen LogP contribution >= 0.6 is 0 Å². The molecule has 1 unspecified atom stereocenters. The third kappa shape index (κ3) is 5.30. The Labute approximate surface area is 65.8 Å². The van der Waals surface area contributed by atoms with E-state index in [1.165, 1.54) is 0 Å². The Morgan fingerprint density at radius 2 is 2.45 bits per heavy atom. The van der Waals surface area contributed by atoms with Gasteiger partial charge in [-0.3, -0.25) is 0 Å². The van der Waals surface area contributed by atoms with Gasteiger partial charge in [0, 0.05) is 0 Å². The zero-order valence-electron chi connectivity index (χ0n) is 6.78. The van der Waals surface area contributed by atoms with E-state index >= 15 is 0 Å². The molecule has 1 atom stereocenters. The molecule has 0 rings (SSSR count). The topological polar surface area (TPSA) is 62.7 Å². The molecule has 0 N–H and O–H groups in total. The number of rotatable bonds is 4. The molecule has 0 amide bonds. The van der Waals surface area contributed by atoms with Crippen LogP contribution in [0.2, 0.25) is 0 Å². The fraction of sp³-hybridized carbons (Fsp3) is 0.714. The maximum absolute atomic E-state index is 10.6. The highest BCUT2D eigenvalue weighted by atomic mass is 16.5. The lowest BCUT2D eigenvalue weighted by molar-refractivity contribution is -0.143. The summed E-state index contributed by atoms with van der Waals surface area (Å²) in [4.78, 5) is 13.1. The lowest BCUT2D eigenvalue weighted by Gasteiger charge is -2.07. The molecule has 0 heterocycles. The summed E-state index contributed by atoms with van der Waals surface area (Å²) in [5.41, 5.74) is 7.95. The van der Waals surface area contributed by atoms with Crippen molar-refractivity contribution in [3.63, 3.8) is 0 Å². The van der Waals surface area contributed by atoms with E-state index in [2.05, 4.69) is 4.79 Å². The van der Waals surface area contributed by atoms with Gasteiger partial charge in [0.2, 0.25) is 0 Å². The van der Waals surface area contributed by atoms with Crippen molar-refractivity contribution in [3.05, 3.63) is 5.53 Å². The molecule has 0 aliphatic heterocycles. The predicted octanol–water partition coefficient (Wildman–Crippen LogP) is 1.02. The molecular formula is C7H12N2O2. The largest absolute Gasteiger partial charge is 0.454 e. The first-order valence-electron chi connectivity index (χ1n) is 3.58. The summed E-state index contributed by atoms with van der Waals surface area (Å²) in [5, 5.41) is 0. The van der Waals surface area contributed by atoms with Crippen LogP contribution in [0.4, 0.5) is 0 Å². The molecule has 0 radical (unpaired) electrons. The van der Waals surface area contributed by atoms with Crippen LogP contribution in [0.25, 0.3) is 5.53 Å². The minimum Gasteiger partial charge on any atom is -0.454 e. The smallest absolute Gasteiger partial charge is 0.413 e. The number of hydrogen-bond acceptors (Lipinski definition) is 2. The van der Waals surface area contributed by atoms with Crippen LogP contribution in [0.1, 0.15) is 26.7 Å². The quantitative estimate of drug-likeness (QED) is 0.264. The van der Waals surface area contributed by atoms with Crippen LogP contribution in [0, 0.1) is 0 Å². The van der Waals surface area contributed by atoms with Crippen molar-refractivity contribution in [3.8, 4) is 0 Å². The highest BCUT2D eigenvalue weighted by Gasteiger charge is 2.08. The average Bonchev–Trinajstić information content (AvgIpc) is 1.87. The van der Waals surface area contributed by atoms with Crippen molar-refractivity contribution in [1.82, 2.24) is 0 Å². The average molecular weight is 156 g/mol. The van der Waals surface area contributed by atoms with Crippen molar-refractivity contribution >= 4 is 12.2 Å². The van der Waals surface area contributed by atoms with Crippen LogP contribution in [0.5, 0.6) is 0 Å². The normalized spacial score (nSPS) is 11.5. The van der Waals surface area contributed by atoms with E-state index in [1.807, 2.05) is 6.92 Å². The summed E-state index contributed by atoms with van der Waals surface area (Å²) in [6.45, 7) is 3.80. The molecule has 0 saturated carbocycles. The molecule has 0 spiro atoms. The number of carbonyl (C=O) groups excluding carboxylic acids is 1. The van der Waals surface area contributed by atoms with Gasteiger partial charge < -0.3 is 10.3 Å². The second-order valence-electron chi connectivity index (χ2n) is 2.28. The van der Waals surface area contributed by atoms with Gasteiger partial charge in [-0.2, -0.15) is 4.79 Å². The highest BCUT2D eigenvalue weighted by Crippen LogP contribution is 1.99. The number of esters is 1. The molecule has 0 aromatic heterocycles. The third-order valence-corrected chi connectivity index (χ3v) is 1.18. The summed E-state index contributed by atoms with van der Waals surface area (Å²) in [6, 6.07) is 0. The van der Waals surface area contributed by atoms with E-state index in [-0.39, 0.29) is 6.10 Å². The molecule has 0 aliphatic carbocycles. The maximum atomic E-state index is 10.6. The third-order valence-electron chi connectivity index (χ3n) is 1.18. The van der Waals surface area contributed by atoms with Gasteiger partial charge in [-0.25, -0.2) is 4.79 Å². The van der Waals surface area contributed by atoms with Gasteiger partial charge in [0.25, 0.3) is 0 Å². The summed E-state index contributed by atoms with van der Waals surface area (Å²) >= 11 is 0. The fourth-order valence-corrected chi connectivity index (χ4v) is 0.741. The van der Waals surface area contributed by atoms with Crippen molar-refractivity contribution in [2.45, 2.75) is 32.8 Å². The number of carbonyl (C=O) groups is 1. The van der Waals surface area contributed by atoms with Crippen LogP contribution in [-0.2, 0) is 9.53 Å². The van der Waals surface area contributed by atoms with Crippen LogP contribution in [0.3, 0.4) is 0 Å². The standard InChI is InChI=1S/C7H12N2O2/c1-3-4-6(2)11-7(10)5-9-8/h5-6H,3-4H2,1-2H3. The van der Waals surface area contributed by atoms with Crippen LogP contribution in [-0.4, -0.2) is 23.1 Å². The molecule has 4 nitrogen and oxygen atoms in total. The molecule has 0 aromatic carbocycles. The first kappa shape index (κ1) is 9.85. The number of nitrogens with zero attached hydrogens (tertiary/aromatic N) is 2. The lowest BCUT2D eigenvalue weighted by Crippen LogP contribution is -2.15. The van der Waals surface area contributed by atoms with Crippen molar-refractivity contribution in [1.29, 1.82) is 0 Å². The summed E-state index contributed by atoms with van der Waals surface area (Å²) < 4.78 is 4.78. The first-order valence-corrected chi connectivity index (χ1v) is 3.58. The molecule has 11 heavy (non-hydrogen) atoms. The Kier molecular flexibility index (Phi) is 5.03. The van der Waals surface area contributed by atoms with Gasteiger partial charge in [0.05, 0.1) is 6.10 Å². The molecule has 62 valence electrons. The fourth-order valence-electron chi connectivity index (χ4n) is 0.741. The van der Waals surface area contributed by atoms with Gasteiger partial charge in [-0.05, 0) is 13.3 Å². The molecule has 0 aromatic rings. The van der Waals surface area contributed by atoms with Gasteiger partial charge in [0.1, 0.15) is 0 Å². The summed E-state index contributed by atoms with van der Waals surface area (Å²) in [7, 11) is 0. The zero-order chi connectivity index (χ0) is 8.69. The van der Waals surface area contributed by atoms with E-state index in [1.54, 1.807) is 6.92 Å². The van der Waals surface area contributed by atoms with Crippen molar-refractivity contribution < 1.29 is 14.3 Å². The maximum Gasteiger partial charge on any atom is 0.413 e. The van der Waals surface area contributed by atoms with Crippen molar-refractivity contribution in [2.75, 3.05) is 0 Å². The Hall–Kier alpha value is -1.15. The molecule has 0 aliphatic rings. The van der Waals surface area contributed by atoms with E-state index in [9.17, 15) is 4.79 Å². The van der Waals surface area contributed by atoms with E-state index < -0.39 is 5.97 Å². The van der Waals surface area contributed by atoms with Gasteiger partial charge in [0.15, 0.2) is 0 Å². The van der Waals surface area contributed by atoms with Gasteiger partial charge >= 0.3 is 12.2 Å². The van der Waals surface area contributed by atoms with E-state index in [0.29, 0.717) is 0 Å². The van der Waals surface area contributed by atoms with Gasteiger partial charge in [-0.1, -0.05) is 13.3 Å². The van der Waals surface area contributed by atoms with E-state index in [0.717, 1.165) is 19.1 Å². The minimum atomic E-state index is -0.603. The second-order valence-corrected chi connectivity index (χ2v) is 2.28. The Morgan fingerprint density at radius 3 is 2.91 bits per heavy atom. The first-order chi connectivity index (χ1) is 5.20. The SMILES string of the molecule is CCCC(C)OC(=O)C=[N+]=[N-]. The lowest BCUT2D eigenvalue weighted by atomic mass is 10.2. The summed E-state index contributed by atoms with van der Waals surface area (Å²) in [5.74, 6) is -0.603. The highest BCUT2D eigenvalue weighted by molar-refractivity contribution is 6.20. The predicted molar refractivity (Wildman–Crippen MR) is 40.1 cm³/mol. The number of ether oxygens (including phenoxy) is 1. The molecule has 4 heteroatoms. The van der Waals surface area contributed by atoms with Crippen molar-refractivity contribution in [2.24, 2.45) is 0 Å². The Balaban J connectivity index is 3.65.